The number of nitrogens with two attached hydrogens (primary N) is 1. The third kappa shape index (κ3) is 3.24. The molecule has 2 unspecified atom stereocenters. The van der Waals surface area contributed by atoms with Gasteiger partial charge in [0.15, 0.2) is 0 Å². The lowest BCUT2D eigenvalue weighted by molar-refractivity contribution is 0.263. The van der Waals surface area contributed by atoms with Crippen LogP contribution >= 0.6 is 11.6 Å². The molecule has 0 aliphatic carbocycles. The fraction of sp³-hybridized carbons (Fsp3) is 0.571. The van der Waals surface area contributed by atoms with E-state index in [0.29, 0.717) is 29.6 Å². The Morgan fingerprint density at radius 2 is 2.05 bits per heavy atom. The number of sulfonamides is 1. The number of hydrogen-bond acceptors (Lipinski definition) is 4. The van der Waals surface area contributed by atoms with Gasteiger partial charge in [0.1, 0.15) is 0 Å². The molecular formula is C14H22ClN3O2S. The number of hydrogen-bond donors (Lipinski definition) is 1. The number of halogens is 1. The molecule has 1 aliphatic heterocycles. The van der Waals surface area contributed by atoms with Gasteiger partial charge in [-0.3, -0.25) is 0 Å². The van der Waals surface area contributed by atoms with Crippen molar-refractivity contribution >= 4 is 21.6 Å². The highest BCUT2D eigenvalue weighted by molar-refractivity contribution is 7.89. The van der Waals surface area contributed by atoms with Crippen LogP contribution in [0.2, 0.25) is 5.02 Å². The second-order valence-electron chi connectivity index (χ2n) is 5.79. The molecule has 1 fully saturated rings. The largest absolute Gasteiger partial charge is 0.326 e. The van der Waals surface area contributed by atoms with Crippen LogP contribution in [0.4, 0.5) is 0 Å². The second-order valence-corrected chi connectivity index (χ2v) is 8.13. The Kier molecular flexibility index (Phi) is 4.95. The minimum Gasteiger partial charge on any atom is -0.326 e. The Morgan fingerprint density at radius 1 is 1.38 bits per heavy atom. The monoisotopic (exact) mass is 331 g/mol. The number of likely N-dealkylation sites (N-methyl/N-ethyl adjacent to an activating group) is 1. The highest BCUT2D eigenvalue weighted by Crippen LogP contribution is 2.28. The van der Waals surface area contributed by atoms with E-state index in [1.54, 1.807) is 22.5 Å². The lowest BCUT2D eigenvalue weighted by Crippen LogP contribution is -2.35. The first-order valence-electron chi connectivity index (χ1n) is 6.92. The molecule has 0 bridgehead atoms. The van der Waals surface area contributed by atoms with E-state index in [1.165, 1.54) is 0 Å². The summed E-state index contributed by atoms with van der Waals surface area (Å²) in [6.07, 6.45) is 0. The van der Waals surface area contributed by atoms with E-state index in [2.05, 4.69) is 11.8 Å². The van der Waals surface area contributed by atoms with Crippen LogP contribution in [0.1, 0.15) is 12.5 Å². The third-order valence-electron chi connectivity index (χ3n) is 4.08. The van der Waals surface area contributed by atoms with Gasteiger partial charge in [-0.25, -0.2) is 8.42 Å². The molecule has 1 aromatic carbocycles. The van der Waals surface area contributed by atoms with Crippen LogP contribution in [0.5, 0.6) is 0 Å². The molecule has 2 N–H and O–H groups in total. The second kappa shape index (κ2) is 6.22. The molecule has 2 rings (SSSR count). The summed E-state index contributed by atoms with van der Waals surface area (Å²) >= 11 is 6.00. The zero-order valence-corrected chi connectivity index (χ0v) is 14.2. The quantitative estimate of drug-likeness (QED) is 0.905. The summed E-state index contributed by atoms with van der Waals surface area (Å²) in [7, 11) is 0.462. The zero-order valence-electron chi connectivity index (χ0n) is 12.6. The van der Waals surface area contributed by atoms with E-state index in [0.717, 1.165) is 0 Å². The molecule has 5 nitrogen and oxygen atoms in total. The van der Waals surface area contributed by atoms with Gasteiger partial charge in [-0.15, -0.1) is 0 Å². The van der Waals surface area contributed by atoms with Crippen LogP contribution in [0.25, 0.3) is 0 Å². The smallest absolute Gasteiger partial charge is 0.243 e. The SMILES string of the molecule is CC1CN(S(=O)(=O)c2ccc(Cl)c(CN)c2)CC1N(C)C. The van der Waals surface area contributed by atoms with E-state index >= 15 is 0 Å². The molecule has 21 heavy (non-hydrogen) atoms. The summed E-state index contributed by atoms with van der Waals surface area (Å²) in [4.78, 5) is 2.34. The zero-order chi connectivity index (χ0) is 15.8. The van der Waals surface area contributed by atoms with E-state index in [-0.39, 0.29) is 17.5 Å². The van der Waals surface area contributed by atoms with Crippen molar-refractivity contribution in [3.63, 3.8) is 0 Å². The van der Waals surface area contributed by atoms with Gasteiger partial charge >= 0.3 is 0 Å². The standard InChI is InChI=1S/C14H22ClN3O2S/c1-10-8-18(9-14(10)17(2)3)21(19,20)12-4-5-13(15)11(6-12)7-16/h4-6,10,14H,7-9,16H2,1-3H3. The number of benzene rings is 1. The molecule has 7 heteroatoms. The summed E-state index contributed by atoms with van der Waals surface area (Å²) in [5, 5.41) is 0.498. The normalized spacial score (nSPS) is 23.9. The minimum absolute atomic E-state index is 0.221. The molecule has 1 saturated heterocycles. The average Bonchev–Trinajstić information content (AvgIpc) is 2.82. The molecule has 1 aliphatic rings. The lowest BCUT2D eigenvalue weighted by atomic mass is 10.1. The average molecular weight is 332 g/mol. The Hall–Kier alpha value is -0.660. The van der Waals surface area contributed by atoms with E-state index < -0.39 is 10.0 Å². The Bertz CT molecular complexity index is 619. The number of nitrogens with zero attached hydrogens (tertiary/aromatic N) is 2. The van der Waals surface area contributed by atoms with Crippen molar-refractivity contribution in [2.24, 2.45) is 11.7 Å². The Balaban J connectivity index is 2.31. The van der Waals surface area contributed by atoms with Crippen molar-refractivity contribution in [2.75, 3.05) is 27.2 Å². The van der Waals surface area contributed by atoms with Crippen LogP contribution in [0.15, 0.2) is 23.1 Å². The lowest BCUT2D eigenvalue weighted by Gasteiger charge is -2.22. The van der Waals surface area contributed by atoms with Gasteiger partial charge in [0, 0.05) is 30.7 Å². The van der Waals surface area contributed by atoms with Crippen LogP contribution in [0.3, 0.4) is 0 Å². The summed E-state index contributed by atoms with van der Waals surface area (Å²) in [6, 6.07) is 4.95. The van der Waals surface area contributed by atoms with Crippen molar-refractivity contribution in [1.82, 2.24) is 9.21 Å². The molecule has 1 heterocycles. The highest BCUT2D eigenvalue weighted by Gasteiger charge is 2.38. The first-order chi connectivity index (χ1) is 9.77. The van der Waals surface area contributed by atoms with E-state index in [4.69, 9.17) is 17.3 Å². The fourth-order valence-electron chi connectivity index (χ4n) is 2.79. The Morgan fingerprint density at radius 3 is 2.57 bits per heavy atom. The molecule has 0 radical (unpaired) electrons. The van der Waals surface area contributed by atoms with Crippen LogP contribution in [-0.4, -0.2) is 50.8 Å². The van der Waals surface area contributed by atoms with Gasteiger partial charge < -0.3 is 10.6 Å². The highest BCUT2D eigenvalue weighted by atomic mass is 35.5. The van der Waals surface area contributed by atoms with Gasteiger partial charge in [0.05, 0.1) is 4.90 Å². The van der Waals surface area contributed by atoms with E-state index in [1.807, 2.05) is 14.1 Å². The molecular weight excluding hydrogens is 310 g/mol. The van der Waals surface area contributed by atoms with Gasteiger partial charge in [0.25, 0.3) is 0 Å². The van der Waals surface area contributed by atoms with Crippen LogP contribution in [0, 0.1) is 5.92 Å². The van der Waals surface area contributed by atoms with Crippen molar-refractivity contribution in [1.29, 1.82) is 0 Å². The van der Waals surface area contributed by atoms with Crippen molar-refractivity contribution in [3.8, 4) is 0 Å². The maximum Gasteiger partial charge on any atom is 0.243 e. The van der Waals surface area contributed by atoms with Crippen molar-refractivity contribution in [2.45, 2.75) is 24.4 Å². The summed E-state index contributed by atoms with van der Waals surface area (Å²) < 4.78 is 27.0. The summed E-state index contributed by atoms with van der Waals surface area (Å²) in [5.41, 5.74) is 6.25. The maximum absolute atomic E-state index is 12.8. The predicted octanol–water partition coefficient (Wildman–Crippen LogP) is 1.37. The predicted molar refractivity (Wildman–Crippen MR) is 84.7 cm³/mol. The first kappa shape index (κ1) is 16.7. The first-order valence-corrected chi connectivity index (χ1v) is 8.74. The molecule has 0 aromatic heterocycles. The summed E-state index contributed by atoms with van der Waals surface area (Å²) in [5.74, 6) is 0.302. The molecule has 2 atom stereocenters. The molecule has 0 amide bonds. The van der Waals surface area contributed by atoms with E-state index in [9.17, 15) is 8.42 Å². The Labute approximate surface area is 131 Å². The summed E-state index contributed by atoms with van der Waals surface area (Å²) in [6.45, 7) is 3.34. The molecule has 0 spiro atoms. The fourth-order valence-corrected chi connectivity index (χ4v) is 4.60. The molecule has 118 valence electrons. The number of rotatable bonds is 4. The van der Waals surface area contributed by atoms with Gasteiger partial charge in [0.2, 0.25) is 10.0 Å². The van der Waals surface area contributed by atoms with Gasteiger partial charge in [-0.1, -0.05) is 18.5 Å². The van der Waals surface area contributed by atoms with Crippen molar-refractivity contribution < 1.29 is 8.42 Å². The topological polar surface area (TPSA) is 66.6 Å². The van der Waals surface area contributed by atoms with Crippen molar-refractivity contribution in [3.05, 3.63) is 28.8 Å². The molecule has 1 aromatic rings. The maximum atomic E-state index is 12.8. The van der Waals surface area contributed by atoms with Gasteiger partial charge in [-0.2, -0.15) is 4.31 Å². The third-order valence-corrected chi connectivity index (χ3v) is 6.27. The molecule has 0 saturated carbocycles. The van der Waals surface area contributed by atoms with Gasteiger partial charge in [-0.05, 0) is 43.8 Å². The van der Waals surface area contributed by atoms with Crippen LogP contribution < -0.4 is 5.73 Å². The minimum atomic E-state index is -3.49. The van der Waals surface area contributed by atoms with Crippen LogP contribution in [-0.2, 0) is 16.6 Å².